The number of ether oxygens (including phenoxy) is 1. The molecule has 2 atom stereocenters. The summed E-state index contributed by atoms with van der Waals surface area (Å²) in [5, 5.41) is 8.42. The summed E-state index contributed by atoms with van der Waals surface area (Å²) in [6, 6.07) is 11.9. The lowest BCUT2D eigenvalue weighted by atomic mass is 9.91. The molecule has 1 amide bonds. The molecule has 3 aromatic rings. The number of para-hydroxylation sites is 1. The van der Waals surface area contributed by atoms with Crippen molar-refractivity contribution in [1.29, 1.82) is 0 Å². The third kappa shape index (κ3) is 3.79. The third-order valence-electron chi connectivity index (χ3n) is 6.33. The quantitative estimate of drug-likeness (QED) is 0.634. The van der Waals surface area contributed by atoms with Crippen LogP contribution in [0.25, 0.3) is 5.69 Å². The average molecular weight is 419 g/mol. The van der Waals surface area contributed by atoms with Crippen molar-refractivity contribution < 1.29 is 9.53 Å². The summed E-state index contributed by atoms with van der Waals surface area (Å²) in [5.41, 5.74) is 2.44. The Balaban J connectivity index is 1.38. The molecule has 0 N–H and O–H groups in total. The van der Waals surface area contributed by atoms with Crippen LogP contribution in [0.2, 0.25) is 0 Å². The molecule has 160 valence electrons. The molecule has 2 aliphatic heterocycles. The number of aromatic nitrogens is 4. The Morgan fingerprint density at radius 1 is 1.10 bits per heavy atom. The zero-order valence-electron chi connectivity index (χ0n) is 17.6. The van der Waals surface area contributed by atoms with Gasteiger partial charge in [-0.2, -0.15) is 15.0 Å². The molecule has 8 heteroatoms. The van der Waals surface area contributed by atoms with Crippen molar-refractivity contribution >= 4 is 11.7 Å². The first-order valence-corrected chi connectivity index (χ1v) is 10.7. The van der Waals surface area contributed by atoms with Gasteiger partial charge in [-0.1, -0.05) is 12.1 Å². The van der Waals surface area contributed by atoms with Crippen molar-refractivity contribution in [3.8, 4) is 5.69 Å². The highest BCUT2D eigenvalue weighted by Gasteiger charge is 2.40. The molecule has 0 spiro atoms. The lowest BCUT2D eigenvalue weighted by molar-refractivity contribution is 0.0678. The predicted molar refractivity (Wildman–Crippen MR) is 116 cm³/mol. The molecule has 1 aromatic carbocycles. The maximum absolute atomic E-state index is 13.5. The number of carbonyl (C=O) groups excluding carboxylic acids is 1. The second-order valence-electron chi connectivity index (χ2n) is 8.14. The molecular formula is C23H26N6O2. The van der Waals surface area contributed by atoms with Gasteiger partial charge in [0.05, 0.1) is 36.3 Å². The number of piperidine rings is 1. The van der Waals surface area contributed by atoms with Crippen LogP contribution in [-0.4, -0.2) is 63.6 Å². The van der Waals surface area contributed by atoms with E-state index in [1.54, 1.807) is 19.5 Å². The van der Waals surface area contributed by atoms with Gasteiger partial charge in [0.1, 0.15) is 5.82 Å². The molecule has 2 fully saturated rings. The number of hydrogen-bond acceptors (Lipinski definition) is 6. The molecule has 2 saturated heterocycles. The van der Waals surface area contributed by atoms with Crippen LogP contribution in [0.1, 0.15) is 28.8 Å². The second kappa shape index (κ2) is 8.47. The minimum atomic E-state index is 0.0271. The first-order valence-electron chi connectivity index (χ1n) is 10.7. The summed E-state index contributed by atoms with van der Waals surface area (Å²) < 4.78 is 5.28. The van der Waals surface area contributed by atoms with Crippen LogP contribution in [0, 0.1) is 5.92 Å². The molecule has 0 aliphatic carbocycles. The van der Waals surface area contributed by atoms with Crippen LogP contribution in [0.3, 0.4) is 0 Å². The molecule has 2 aromatic heterocycles. The van der Waals surface area contributed by atoms with Crippen molar-refractivity contribution in [2.24, 2.45) is 5.92 Å². The molecule has 0 radical (unpaired) electrons. The van der Waals surface area contributed by atoms with E-state index in [9.17, 15) is 4.79 Å². The number of carbonyl (C=O) groups is 1. The van der Waals surface area contributed by atoms with E-state index in [0.717, 1.165) is 37.3 Å². The van der Waals surface area contributed by atoms with E-state index in [0.29, 0.717) is 30.3 Å². The van der Waals surface area contributed by atoms with Crippen molar-refractivity contribution in [1.82, 2.24) is 24.9 Å². The SMILES string of the molecule is COCc1ccnc(N2CC[C@@H]3CCN(C(=O)c4ccccc4-n4nccn4)C[C@@H]32)c1. The topological polar surface area (TPSA) is 76.4 Å². The van der Waals surface area contributed by atoms with Gasteiger partial charge in [-0.05, 0) is 48.6 Å². The van der Waals surface area contributed by atoms with E-state index < -0.39 is 0 Å². The standard InChI is InChI=1S/C23H26N6O2/c1-31-16-17-6-9-24-22(14-17)28-13-8-18-7-12-27(15-21(18)28)23(30)19-4-2-3-5-20(19)29-25-10-11-26-29/h2-6,9-11,14,18,21H,7-8,12-13,15-16H2,1H3/t18-,21-/m0/s1. The molecule has 0 bridgehead atoms. The number of rotatable bonds is 5. The number of nitrogens with zero attached hydrogens (tertiary/aromatic N) is 6. The Labute approximate surface area is 181 Å². The summed E-state index contributed by atoms with van der Waals surface area (Å²) in [6.45, 7) is 3.00. The Morgan fingerprint density at radius 3 is 2.74 bits per heavy atom. The monoisotopic (exact) mass is 418 g/mol. The van der Waals surface area contributed by atoms with Crippen molar-refractivity contribution in [3.05, 3.63) is 66.1 Å². The smallest absolute Gasteiger partial charge is 0.256 e. The van der Waals surface area contributed by atoms with Gasteiger partial charge in [0.15, 0.2) is 0 Å². The summed E-state index contributed by atoms with van der Waals surface area (Å²) in [4.78, 5) is 24.0. The highest BCUT2D eigenvalue weighted by atomic mass is 16.5. The van der Waals surface area contributed by atoms with Gasteiger partial charge in [-0.15, -0.1) is 0 Å². The lowest BCUT2D eigenvalue weighted by Crippen LogP contribution is -2.50. The Morgan fingerprint density at radius 2 is 1.90 bits per heavy atom. The number of fused-ring (bicyclic) bond motifs is 1. The van der Waals surface area contributed by atoms with Crippen LogP contribution >= 0.6 is 0 Å². The Kier molecular flexibility index (Phi) is 5.38. The van der Waals surface area contributed by atoms with E-state index >= 15 is 0 Å². The van der Waals surface area contributed by atoms with Crippen LogP contribution in [-0.2, 0) is 11.3 Å². The maximum Gasteiger partial charge on any atom is 0.256 e. The molecular weight excluding hydrogens is 392 g/mol. The number of amides is 1. The van der Waals surface area contributed by atoms with Crippen LogP contribution < -0.4 is 4.90 Å². The van der Waals surface area contributed by atoms with Gasteiger partial charge >= 0.3 is 0 Å². The lowest BCUT2D eigenvalue weighted by Gasteiger charge is -2.39. The van der Waals surface area contributed by atoms with Gasteiger partial charge < -0.3 is 14.5 Å². The number of benzene rings is 1. The number of pyridine rings is 1. The van der Waals surface area contributed by atoms with Gasteiger partial charge in [-0.25, -0.2) is 4.98 Å². The van der Waals surface area contributed by atoms with E-state index in [2.05, 4.69) is 26.1 Å². The van der Waals surface area contributed by atoms with Gasteiger partial charge in [0.2, 0.25) is 0 Å². The predicted octanol–water partition coefficient (Wildman–Crippen LogP) is 2.55. The van der Waals surface area contributed by atoms with E-state index in [4.69, 9.17) is 4.74 Å². The highest BCUT2D eigenvalue weighted by molar-refractivity contribution is 5.97. The summed E-state index contributed by atoms with van der Waals surface area (Å²) >= 11 is 0. The fourth-order valence-electron chi connectivity index (χ4n) is 4.82. The summed E-state index contributed by atoms with van der Waals surface area (Å²) in [6.07, 6.45) is 7.22. The van der Waals surface area contributed by atoms with Gasteiger partial charge in [0.25, 0.3) is 5.91 Å². The summed E-state index contributed by atoms with van der Waals surface area (Å²) in [7, 11) is 1.70. The molecule has 0 saturated carbocycles. The first kappa shape index (κ1) is 19.7. The van der Waals surface area contributed by atoms with Crippen molar-refractivity contribution in [2.75, 3.05) is 31.6 Å². The first-order chi connectivity index (χ1) is 15.2. The molecule has 31 heavy (non-hydrogen) atoms. The number of methoxy groups -OCH3 is 1. The fraction of sp³-hybridized carbons (Fsp3) is 0.391. The molecule has 0 unspecified atom stereocenters. The normalized spacial score (nSPS) is 20.7. The average Bonchev–Trinajstić information content (AvgIpc) is 3.49. The van der Waals surface area contributed by atoms with E-state index in [1.165, 1.54) is 4.80 Å². The number of likely N-dealkylation sites (tertiary alicyclic amines) is 1. The van der Waals surface area contributed by atoms with Crippen molar-refractivity contribution in [2.45, 2.75) is 25.5 Å². The molecule has 5 rings (SSSR count). The van der Waals surface area contributed by atoms with E-state index in [1.807, 2.05) is 41.4 Å². The summed E-state index contributed by atoms with van der Waals surface area (Å²) in [5.74, 6) is 1.58. The number of hydrogen-bond donors (Lipinski definition) is 0. The Bertz CT molecular complexity index is 1050. The zero-order valence-corrected chi connectivity index (χ0v) is 17.6. The highest BCUT2D eigenvalue weighted by Crippen LogP contribution is 2.35. The van der Waals surface area contributed by atoms with Gasteiger partial charge in [-0.3, -0.25) is 4.79 Å². The van der Waals surface area contributed by atoms with Crippen LogP contribution in [0.4, 0.5) is 5.82 Å². The van der Waals surface area contributed by atoms with Crippen LogP contribution in [0.15, 0.2) is 55.0 Å². The molecule has 8 nitrogen and oxygen atoms in total. The van der Waals surface area contributed by atoms with Crippen molar-refractivity contribution in [3.63, 3.8) is 0 Å². The fourth-order valence-corrected chi connectivity index (χ4v) is 4.82. The second-order valence-corrected chi connectivity index (χ2v) is 8.14. The van der Waals surface area contributed by atoms with Gasteiger partial charge in [0, 0.05) is 32.9 Å². The minimum absolute atomic E-state index is 0.0271. The largest absolute Gasteiger partial charge is 0.380 e. The minimum Gasteiger partial charge on any atom is -0.380 e. The third-order valence-corrected chi connectivity index (χ3v) is 6.33. The van der Waals surface area contributed by atoms with E-state index in [-0.39, 0.29) is 11.9 Å². The van der Waals surface area contributed by atoms with Crippen LogP contribution in [0.5, 0.6) is 0 Å². The zero-order chi connectivity index (χ0) is 21.2. The maximum atomic E-state index is 13.5. The molecule has 2 aliphatic rings. The Hall–Kier alpha value is -3.26. The molecule has 4 heterocycles. The number of anilines is 1.